The fourth-order valence-electron chi connectivity index (χ4n) is 2.31. The van der Waals surface area contributed by atoms with Crippen LogP contribution in [0, 0.1) is 0 Å². The van der Waals surface area contributed by atoms with Gasteiger partial charge in [0.15, 0.2) is 5.96 Å². The number of guanidine groups is 1. The van der Waals surface area contributed by atoms with E-state index in [1.165, 1.54) is 24.2 Å². The summed E-state index contributed by atoms with van der Waals surface area (Å²) in [6.07, 6.45) is 4.60. The summed E-state index contributed by atoms with van der Waals surface area (Å²) < 4.78 is 0. The normalized spacial score (nSPS) is 13.1. The Hall–Kier alpha value is -1.20. The van der Waals surface area contributed by atoms with Crippen LogP contribution in [0.15, 0.2) is 35.3 Å². The third-order valence-corrected chi connectivity index (χ3v) is 4.65. The Balaban J connectivity index is 2.39. The summed E-state index contributed by atoms with van der Waals surface area (Å²) in [5, 5.41) is 6.77. The van der Waals surface area contributed by atoms with Gasteiger partial charge in [0.05, 0.1) is 6.54 Å². The van der Waals surface area contributed by atoms with E-state index in [0.717, 1.165) is 32.1 Å². The highest BCUT2D eigenvalue weighted by molar-refractivity contribution is 7.98. The summed E-state index contributed by atoms with van der Waals surface area (Å²) in [5.41, 5.74) is 1.34. The molecule has 0 aliphatic rings. The van der Waals surface area contributed by atoms with Crippen LogP contribution < -0.4 is 10.6 Å². The number of aliphatic imine (C=N–C) groups is 1. The molecule has 0 radical (unpaired) electrons. The van der Waals surface area contributed by atoms with E-state index in [-0.39, 0.29) is 0 Å². The third-order valence-electron chi connectivity index (χ3n) is 3.95. The smallest absolute Gasteiger partial charge is 0.191 e. The Kier molecular flexibility index (Phi) is 11.4. The number of rotatable bonds is 11. The van der Waals surface area contributed by atoms with Gasteiger partial charge in [0.2, 0.25) is 0 Å². The van der Waals surface area contributed by atoms with Crippen LogP contribution in [0.1, 0.15) is 32.3 Å². The Bertz CT molecular complexity index is 450. The highest BCUT2D eigenvalue weighted by atomic mass is 32.2. The van der Waals surface area contributed by atoms with E-state index in [4.69, 9.17) is 4.99 Å². The molecule has 0 spiro atoms. The molecule has 1 aromatic carbocycles. The topological polar surface area (TPSA) is 39.7 Å². The van der Waals surface area contributed by atoms with Crippen molar-refractivity contribution in [3.63, 3.8) is 0 Å². The summed E-state index contributed by atoms with van der Waals surface area (Å²) in [7, 11) is 2.16. The maximum absolute atomic E-state index is 4.74. The predicted octanol–water partition coefficient (Wildman–Crippen LogP) is 3.21. The van der Waals surface area contributed by atoms with Crippen molar-refractivity contribution in [2.45, 2.75) is 39.3 Å². The lowest BCUT2D eigenvalue weighted by molar-refractivity contribution is 0.255. The van der Waals surface area contributed by atoms with Gasteiger partial charge in [-0.15, -0.1) is 0 Å². The zero-order valence-corrected chi connectivity index (χ0v) is 16.5. The molecule has 1 unspecified atom stereocenters. The van der Waals surface area contributed by atoms with Crippen molar-refractivity contribution in [1.29, 1.82) is 0 Å². The number of likely N-dealkylation sites (N-methyl/N-ethyl adjacent to an activating group) is 1. The number of nitrogens with zero attached hydrogens (tertiary/aromatic N) is 2. The van der Waals surface area contributed by atoms with Crippen LogP contribution in [0.4, 0.5) is 0 Å². The van der Waals surface area contributed by atoms with E-state index in [1.54, 1.807) is 0 Å². The first-order valence-corrected chi connectivity index (χ1v) is 10.3. The maximum Gasteiger partial charge on any atom is 0.191 e. The predicted molar refractivity (Wildman–Crippen MR) is 109 cm³/mol. The number of hydrogen-bond donors (Lipinski definition) is 2. The van der Waals surface area contributed by atoms with Gasteiger partial charge in [-0.25, -0.2) is 0 Å². The number of unbranched alkanes of at least 4 members (excludes halogenated alkanes) is 1. The minimum atomic E-state index is 0.400. The van der Waals surface area contributed by atoms with Gasteiger partial charge in [-0.05, 0) is 51.3 Å². The average Bonchev–Trinajstić information content (AvgIpc) is 2.59. The fourth-order valence-corrected chi connectivity index (χ4v) is 2.80. The zero-order chi connectivity index (χ0) is 17.6. The summed E-state index contributed by atoms with van der Waals surface area (Å²) >= 11 is 1.91. The van der Waals surface area contributed by atoms with Gasteiger partial charge in [0.1, 0.15) is 0 Å². The van der Waals surface area contributed by atoms with Gasteiger partial charge in [-0.2, -0.15) is 11.8 Å². The Morgan fingerprint density at radius 3 is 2.62 bits per heavy atom. The lowest BCUT2D eigenvalue weighted by atomic mass is 10.2. The molecule has 24 heavy (non-hydrogen) atoms. The standard InChI is InChI=1S/C19H34N4S/c1-5-20-19(21-13-9-10-14-24-4)22-15-17(2)23(3)16-18-11-7-6-8-12-18/h6-8,11-12,17H,5,9-10,13-16H2,1-4H3,(H2,20,21,22). The summed E-state index contributed by atoms with van der Waals surface area (Å²) in [6, 6.07) is 11.0. The first kappa shape index (κ1) is 20.8. The molecule has 0 aliphatic heterocycles. The molecule has 4 nitrogen and oxygen atoms in total. The quantitative estimate of drug-likeness (QED) is 0.365. The molecule has 0 aliphatic carbocycles. The lowest BCUT2D eigenvalue weighted by Gasteiger charge is -2.24. The SMILES string of the molecule is CCNC(=NCC(C)N(C)Cc1ccccc1)NCCCCSC. The van der Waals surface area contributed by atoms with Crippen LogP contribution in [0.3, 0.4) is 0 Å². The molecule has 0 bridgehead atoms. The van der Waals surface area contributed by atoms with Gasteiger partial charge < -0.3 is 10.6 Å². The third kappa shape index (κ3) is 9.18. The first-order chi connectivity index (χ1) is 11.7. The van der Waals surface area contributed by atoms with E-state index < -0.39 is 0 Å². The molecule has 0 amide bonds. The molecule has 5 heteroatoms. The monoisotopic (exact) mass is 350 g/mol. The second-order valence-corrected chi connectivity index (χ2v) is 7.08. The van der Waals surface area contributed by atoms with Crippen LogP contribution in [-0.4, -0.2) is 55.6 Å². The number of hydrogen-bond acceptors (Lipinski definition) is 3. The van der Waals surface area contributed by atoms with Crippen LogP contribution in [0.5, 0.6) is 0 Å². The molecule has 1 aromatic rings. The van der Waals surface area contributed by atoms with E-state index in [9.17, 15) is 0 Å². The Labute approximate surface area is 152 Å². The second kappa shape index (κ2) is 13.1. The van der Waals surface area contributed by atoms with Crippen molar-refractivity contribution in [2.24, 2.45) is 4.99 Å². The maximum atomic E-state index is 4.74. The van der Waals surface area contributed by atoms with E-state index in [2.05, 4.69) is 73.0 Å². The second-order valence-electron chi connectivity index (χ2n) is 6.10. The van der Waals surface area contributed by atoms with Crippen molar-refractivity contribution >= 4 is 17.7 Å². The highest BCUT2D eigenvalue weighted by Gasteiger charge is 2.09. The van der Waals surface area contributed by atoms with Gasteiger partial charge >= 0.3 is 0 Å². The molecule has 2 N–H and O–H groups in total. The van der Waals surface area contributed by atoms with Gasteiger partial charge in [-0.1, -0.05) is 30.3 Å². The van der Waals surface area contributed by atoms with E-state index >= 15 is 0 Å². The van der Waals surface area contributed by atoms with Crippen LogP contribution in [-0.2, 0) is 6.54 Å². The molecule has 1 rings (SSSR count). The molecule has 0 fully saturated rings. The zero-order valence-electron chi connectivity index (χ0n) is 15.7. The average molecular weight is 351 g/mol. The van der Waals surface area contributed by atoms with Gasteiger partial charge in [0, 0.05) is 25.7 Å². The molecular weight excluding hydrogens is 316 g/mol. The molecule has 136 valence electrons. The minimum Gasteiger partial charge on any atom is -0.357 e. The molecule has 1 atom stereocenters. The lowest BCUT2D eigenvalue weighted by Crippen LogP contribution is -2.39. The number of benzene rings is 1. The van der Waals surface area contributed by atoms with E-state index in [1.807, 2.05) is 11.8 Å². The molecule has 0 heterocycles. The van der Waals surface area contributed by atoms with Crippen molar-refractivity contribution in [3.8, 4) is 0 Å². The largest absolute Gasteiger partial charge is 0.357 e. The highest BCUT2D eigenvalue weighted by Crippen LogP contribution is 2.06. The van der Waals surface area contributed by atoms with Crippen molar-refractivity contribution in [2.75, 3.05) is 38.7 Å². The molecule has 0 saturated carbocycles. The molecule has 0 saturated heterocycles. The van der Waals surface area contributed by atoms with Crippen LogP contribution in [0.25, 0.3) is 0 Å². The summed E-state index contributed by atoms with van der Waals surface area (Å²) in [5.74, 6) is 2.16. The molecule has 0 aromatic heterocycles. The van der Waals surface area contributed by atoms with Gasteiger partial charge in [0.25, 0.3) is 0 Å². The van der Waals surface area contributed by atoms with Crippen LogP contribution in [0.2, 0.25) is 0 Å². The van der Waals surface area contributed by atoms with Crippen molar-refractivity contribution in [3.05, 3.63) is 35.9 Å². The van der Waals surface area contributed by atoms with Crippen LogP contribution >= 0.6 is 11.8 Å². The first-order valence-electron chi connectivity index (χ1n) is 8.92. The number of thioether (sulfide) groups is 1. The van der Waals surface area contributed by atoms with Crippen molar-refractivity contribution in [1.82, 2.24) is 15.5 Å². The summed E-state index contributed by atoms with van der Waals surface area (Å²) in [6.45, 7) is 7.97. The van der Waals surface area contributed by atoms with Crippen molar-refractivity contribution < 1.29 is 0 Å². The van der Waals surface area contributed by atoms with Gasteiger partial charge in [-0.3, -0.25) is 9.89 Å². The minimum absolute atomic E-state index is 0.400. The van der Waals surface area contributed by atoms with E-state index in [0.29, 0.717) is 6.04 Å². The Morgan fingerprint density at radius 1 is 1.21 bits per heavy atom. The molecular formula is C19H34N4S. The Morgan fingerprint density at radius 2 is 1.96 bits per heavy atom. The summed E-state index contributed by atoms with van der Waals surface area (Å²) in [4.78, 5) is 7.09. The fraction of sp³-hybridized carbons (Fsp3) is 0.632. The number of nitrogens with one attached hydrogen (secondary N) is 2.